The Balaban J connectivity index is 2.73. The minimum absolute atomic E-state index is 0.303. The number of hydrogen-bond donors (Lipinski definition) is 0. The molecule has 0 saturated carbocycles. The fraction of sp³-hybridized carbons (Fsp3) is 0.364. The van der Waals surface area contributed by atoms with Gasteiger partial charge in [-0.3, -0.25) is 14.9 Å². The molecule has 0 radical (unpaired) electrons. The van der Waals surface area contributed by atoms with Gasteiger partial charge >= 0.3 is 5.97 Å². The van der Waals surface area contributed by atoms with Gasteiger partial charge in [-0.15, -0.1) is 11.8 Å². The fourth-order valence-corrected chi connectivity index (χ4v) is 2.21. The second-order valence-corrected chi connectivity index (χ2v) is 4.73. The van der Waals surface area contributed by atoms with Crippen molar-refractivity contribution >= 4 is 23.4 Å². The topological polar surface area (TPSA) is 69.4 Å². The summed E-state index contributed by atoms with van der Waals surface area (Å²) in [6, 6.07) is 3.33. The van der Waals surface area contributed by atoms with Gasteiger partial charge in [-0.05, 0) is 6.07 Å². The summed E-state index contributed by atoms with van der Waals surface area (Å²) in [5.74, 6) is -1.03. The van der Waals surface area contributed by atoms with E-state index in [-0.39, 0.29) is 17.6 Å². The van der Waals surface area contributed by atoms with E-state index in [1.807, 2.05) is 0 Å². The second-order valence-electron chi connectivity index (χ2n) is 3.64. The first-order valence-electron chi connectivity index (χ1n) is 5.09. The summed E-state index contributed by atoms with van der Waals surface area (Å²) in [6.45, 7) is 1.67. The van der Waals surface area contributed by atoms with E-state index in [0.29, 0.717) is 10.6 Å². The Morgan fingerprint density at radius 2 is 2.22 bits per heavy atom. The average molecular weight is 273 g/mol. The zero-order valence-electron chi connectivity index (χ0n) is 9.88. The predicted molar refractivity (Wildman–Crippen MR) is 65.0 cm³/mol. The number of carbonyl (C=O) groups is 1. The summed E-state index contributed by atoms with van der Waals surface area (Å²) < 4.78 is 17.7. The van der Waals surface area contributed by atoms with Crippen molar-refractivity contribution in [3.05, 3.63) is 34.1 Å². The summed E-state index contributed by atoms with van der Waals surface area (Å²) in [6.07, 6.45) is 0. The summed E-state index contributed by atoms with van der Waals surface area (Å²) in [7, 11) is 1.29. The molecule has 1 aromatic carbocycles. The zero-order valence-corrected chi connectivity index (χ0v) is 10.7. The lowest BCUT2D eigenvalue weighted by atomic mass is 10.2. The van der Waals surface area contributed by atoms with Crippen LogP contribution in [-0.2, 0) is 9.53 Å². The fourth-order valence-electron chi connectivity index (χ4n) is 1.23. The normalized spacial score (nSPS) is 11.9. The molecule has 0 aromatic heterocycles. The molecule has 5 nitrogen and oxygen atoms in total. The van der Waals surface area contributed by atoms with Crippen LogP contribution in [0.5, 0.6) is 0 Å². The highest BCUT2D eigenvalue weighted by atomic mass is 32.2. The largest absolute Gasteiger partial charge is 0.469 e. The van der Waals surface area contributed by atoms with Crippen molar-refractivity contribution in [2.45, 2.75) is 11.8 Å². The Labute approximate surface area is 107 Å². The molecule has 0 fully saturated rings. The van der Waals surface area contributed by atoms with Gasteiger partial charge in [-0.1, -0.05) is 6.92 Å². The highest BCUT2D eigenvalue weighted by molar-refractivity contribution is 7.99. The highest BCUT2D eigenvalue weighted by Gasteiger charge is 2.15. The monoisotopic (exact) mass is 273 g/mol. The quantitative estimate of drug-likeness (QED) is 0.357. The number of ether oxygens (including phenoxy) is 1. The molecule has 0 saturated heterocycles. The first-order valence-corrected chi connectivity index (χ1v) is 6.08. The SMILES string of the molecule is COC(=O)C(C)CSc1cc(F)cc([N+](=O)[O-])c1. The number of esters is 1. The van der Waals surface area contributed by atoms with Crippen LogP contribution in [0.2, 0.25) is 0 Å². The van der Waals surface area contributed by atoms with Crippen molar-refractivity contribution in [3.63, 3.8) is 0 Å². The van der Waals surface area contributed by atoms with Crippen LogP contribution in [0.1, 0.15) is 6.92 Å². The molecule has 0 aliphatic rings. The third-order valence-corrected chi connectivity index (χ3v) is 3.41. The Hall–Kier alpha value is -1.63. The molecule has 1 atom stereocenters. The van der Waals surface area contributed by atoms with Crippen LogP contribution in [0.25, 0.3) is 0 Å². The number of nitro groups is 1. The van der Waals surface area contributed by atoms with E-state index in [0.717, 1.165) is 6.07 Å². The maximum Gasteiger partial charge on any atom is 0.309 e. The Morgan fingerprint density at radius 1 is 1.56 bits per heavy atom. The van der Waals surface area contributed by atoms with Gasteiger partial charge in [-0.2, -0.15) is 0 Å². The van der Waals surface area contributed by atoms with Crippen LogP contribution in [0.3, 0.4) is 0 Å². The number of halogens is 1. The van der Waals surface area contributed by atoms with Crippen LogP contribution in [-0.4, -0.2) is 23.8 Å². The maximum atomic E-state index is 13.1. The smallest absolute Gasteiger partial charge is 0.309 e. The van der Waals surface area contributed by atoms with Crippen LogP contribution in [0, 0.1) is 21.8 Å². The second kappa shape index (κ2) is 6.34. The predicted octanol–water partition coefficient (Wildman–Crippen LogP) is 2.64. The molecule has 18 heavy (non-hydrogen) atoms. The van der Waals surface area contributed by atoms with Crippen LogP contribution in [0.15, 0.2) is 23.1 Å². The van der Waals surface area contributed by atoms with Crippen LogP contribution >= 0.6 is 11.8 Å². The van der Waals surface area contributed by atoms with Crippen molar-refractivity contribution in [2.24, 2.45) is 5.92 Å². The van der Waals surface area contributed by atoms with Crippen LogP contribution in [0.4, 0.5) is 10.1 Å². The maximum absolute atomic E-state index is 13.1. The van der Waals surface area contributed by atoms with Crippen molar-refractivity contribution in [1.82, 2.24) is 0 Å². The average Bonchev–Trinajstić information content (AvgIpc) is 2.34. The van der Waals surface area contributed by atoms with Crippen molar-refractivity contribution in [1.29, 1.82) is 0 Å². The molecule has 1 unspecified atom stereocenters. The number of rotatable bonds is 5. The standard InChI is InChI=1S/C11H12FNO4S/c1-7(11(14)17-2)6-18-10-4-8(12)3-9(5-10)13(15)16/h3-5,7H,6H2,1-2H3. The first-order chi connectivity index (χ1) is 8.43. The van der Waals surface area contributed by atoms with Gasteiger partial charge in [0.1, 0.15) is 5.82 Å². The summed E-state index contributed by atoms with van der Waals surface area (Å²) in [4.78, 5) is 21.5. The van der Waals surface area contributed by atoms with Gasteiger partial charge in [0.25, 0.3) is 5.69 Å². The van der Waals surface area contributed by atoms with E-state index in [9.17, 15) is 19.3 Å². The van der Waals surface area contributed by atoms with Gasteiger partial charge in [0.2, 0.25) is 0 Å². The number of hydrogen-bond acceptors (Lipinski definition) is 5. The van der Waals surface area contributed by atoms with Crippen LogP contribution < -0.4 is 0 Å². The van der Waals surface area contributed by atoms with Gasteiger partial charge in [0.05, 0.1) is 24.0 Å². The molecule has 0 amide bonds. The lowest BCUT2D eigenvalue weighted by Crippen LogP contribution is -2.14. The number of non-ortho nitro benzene ring substituents is 1. The zero-order chi connectivity index (χ0) is 13.7. The van der Waals surface area contributed by atoms with Gasteiger partial charge in [0, 0.05) is 16.7 Å². The van der Waals surface area contributed by atoms with E-state index in [1.165, 1.54) is 31.0 Å². The molecule has 0 N–H and O–H groups in total. The third kappa shape index (κ3) is 3.99. The number of carbonyl (C=O) groups excluding carboxylic acids is 1. The molecular weight excluding hydrogens is 261 g/mol. The van der Waals surface area contributed by atoms with E-state index in [4.69, 9.17) is 0 Å². The minimum atomic E-state index is -0.669. The van der Waals surface area contributed by atoms with Gasteiger partial charge in [-0.25, -0.2) is 4.39 Å². The van der Waals surface area contributed by atoms with Crippen molar-refractivity contribution < 1.29 is 18.8 Å². The minimum Gasteiger partial charge on any atom is -0.469 e. The van der Waals surface area contributed by atoms with Gasteiger partial charge in [0.15, 0.2) is 0 Å². The summed E-state index contributed by atoms with van der Waals surface area (Å²) in [5.41, 5.74) is -0.303. The molecule has 98 valence electrons. The number of nitro benzene ring substituents is 1. The van der Waals surface area contributed by atoms with E-state index < -0.39 is 10.7 Å². The lowest BCUT2D eigenvalue weighted by Gasteiger charge is -2.08. The van der Waals surface area contributed by atoms with Crippen molar-refractivity contribution in [3.8, 4) is 0 Å². The third-order valence-electron chi connectivity index (χ3n) is 2.17. The Kier molecular flexibility index (Phi) is 5.08. The molecule has 1 rings (SSSR count). The Morgan fingerprint density at radius 3 is 2.78 bits per heavy atom. The molecule has 0 bridgehead atoms. The summed E-state index contributed by atoms with van der Waals surface area (Å²) in [5, 5.41) is 10.6. The van der Waals surface area contributed by atoms with Gasteiger partial charge < -0.3 is 4.74 Å². The number of nitrogens with zero attached hydrogens (tertiary/aromatic N) is 1. The summed E-state index contributed by atoms with van der Waals surface area (Å²) >= 11 is 1.17. The van der Waals surface area contributed by atoms with E-state index in [1.54, 1.807) is 6.92 Å². The van der Waals surface area contributed by atoms with E-state index >= 15 is 0 Å². The first kappa shape index (κ1) is 14.4. The molecule has 0 spiro atoms. The molecule has 0 heterocycles. The molecular formula is C11H12FNO4S. The van der Waals surface area contributed by atoms with Crippen molar-refractivity contribution in [2.75, 3.05) is 12.9 Å². The molecule has 0 aliphatic heterocycles. The molecule has 7 heteroatoms. The molecule has 0 aliphatic carbocycles. The molecule has 1 aromatic rings. The highest BCUT2D eigenvalue weighted by Crippen LogP contribution is 2.26. The number of methoxy groups -OCH3 is 1. The van der Waals surface area contributed by atoms with E-state index in [2.05, 4.69) is 4.74 Å². The number of benzene rings is 1. The lowest BCUT2D eigenvalue weighted by molar-refractivity contribution is -0.385. The number of thioether (sulfide) groups is 1. The Bertz CT molecular complexity index is 466.